The van der Waals surface area contributed by atoms with Crippen LogP contribution in [0.4, 0.5) is 4.39 Å². The first-order chi connectivity index (χ1) is 14.2. The van der Waals surface area contributed by atoms with Gasteiger partial charge in [0.1, 0.15) is 5.82 Å². The highest BCUT2D eigenvalue weighted by Gasteiger charge is 2.15. The molecule has 0 saturated heterocycles. The monoisotopic (exact) mass is 450 g/mol. The summed E-state index contributed by atoms with van der Waals surface area (Å²) >= 11 is 5.93. The van der Waals surface area contributed by atoms with Crippen LogP contribution in [0.5, 0.6) is 0 Å². The van der Waals surface area contributed by atoms with Crippen molar-refractivity contribution in [1.82, 2.24) is 10.4 Å². The zero-order chi connectivity index (χ0) is 21.7. The zero-order valence-corrected chi connectivity index (χ0v) is 18.4. The van der Waals surface area contributed by atoms with E-state index in [9.17, 15) is 12.8 Å². The molecule has 0 saturated carbocycles. The lowest BCUT2D eigenvalue weighted by molar-refractivity contribution is 0.302. The van der Waals surface area contributed by atoms with Crippen molar-refractivity contribution in [1.29, 1.82) is 0 Å². The first kappa shape index (κ1) is 22.3. The second-order valence-corrected chi connectivity index (χ2v) is 9.31. The lowest BCUT2D eigenvalue weighted by Gasteiger charge is -2.29. The normalized spacial score (nSPS) is 14.2. The highest BCUT2D eigenvalue weighted by molar-refractivity contribution is 7.86. The van der Waals surface area contributed by atoms with Gasteiger partial charge in [0.2, 0.25) is 0 Å². The number of nitrogens with one attached hydrogen (secondary N) is 1. The summed E-state index contributed by atoms with van der Waals surface area (Å²) in [4.78, 5) is 0. The maximum absolute atomic E-state index is 13.7. The second kappa shape index (κ2) is 9.64. The molecular formula is C22H24ClFN2O3S. The fourth-order valence-corrected chi connectivity index (χ4v) is 3.56. The molecular weight excluding hydrogens is 427 g/mol. The predicted octanol–water partition coefficient (Wildman–Crippen LogP) is 4.44. The molecule has 0 fully saturated rings. The fraction of sp³-hybridized carbons (Fsp3) is 0.273. The van der Waals surface area contributed by atoms with Crippen LogP contribution in [0.25, 0.3) is 5.70 Å². The van der Waals surface area contributed by atoms with Gasteiger partial charge < -0.3 is 0 Å². The zero-order valence-electron chi connectivity index (χ0n) is 16.9. The number of halogens is 2. The number of hydrogen-bond donors (Lipinski definition) is 1. The Balaban J connectivity index is 1.73. The molecule has 30 heavy (non-hydrogen) atoms. The third-order valence-electron chi connectivity index (χ3n) is 4.60. The first-order valence-electron chi connectivity index (χ1n) is 9.51. The summed E-state index contributed by atoms with van der Waals surface area (Å²) in [6.45, 7) is 2.32. The summed E-state index contributed by atoms with van der Waals surface area (Å²) in [5, 5.41) is 2.60. The Morgan fingerprint density at radius 2 is 1.90 bits per heavy atom. The van der Waals surface area contributed by atoms with E-state index in [0.717, 1.165) is 30.4 Å². The van der Waals surface area contributed by atoms with E-state index in [1.807, 2.05) is 41.6 Å². The van der Waals surface area contributed by atoms with Gasteiger partial charge in [-0.2, -0.15) is 8.42 Å². The van der Waals surface area contributed by atoms with Crippen molar-refractivity contribution in [2.24, 2.45) is 0 Å². The molecule has 0 unspecified atom stereocenters. The number of nitrogens with zero attached hydrogens (tertiary/aromatic N) is 1. The molecule has 1 aliphatic heterocycles. The second-order valence-electron chi connectivity index (χ2n) is 7.23. The van der Waals surface area contributed by atoms with Gasteiger partial charge in [0.15, 0.2) is 0 Å². The molecule has 0 spiro atoms. The van der Waals surface area contributed by atoms with Crippen LogP contribution in [-0.2, 0) is 20.7 Å². The molecule has 1 heterocycles. The van der Waals surface area contributed by atoms with Crippen molar-refractivity contribution < 1.29 is 17.0 Å². The van der Waals surface area contributed by atoms with E-state index in [-0.39, 0.29) is 12.4 Å². The largest absolute Gasteiger partial charge is 0.298 e. The minimum atomic E-state index is -3.56. The molecule has 0 bridgehead atoms. The summed E-state index contributed by atoms with van der Waals surface area (Å²) in [7, 11) is -3.56. The van der Waals surface area contributed by atoms with Crippen LogP contribution in [0.2, 0.25) is 5.02 Å². The van der Waals surface area contributed by atoms with Gasteiger partial charge in [-0.15, -0.1) is 0 Å². The molecule has 0 radical (unpaired) electrons. The van der Waals surface area contributed by atoms with Crippen molar-refractivity contribution in [3.63, 3.8) is 0 Å². The van der Waals surface area contributed by atoms with Crippen LogP contribution in [0.15, 0.2) is 60.3 Å². The highest BCUT2D eigenvalue weighted by Crippen LogP contribution is 2.22. The van der Waals surface area contributed by atoms with E-state index >= 15 is 0 Å². The molecule has 0 atom stereocenters. The minimum Gasteiger partial charge on any atom is -0.298 e. The van der Waals surface area contributed by atoms with Gasteiger partial charge in [-0.05, 0) is 78.4 Å². The summed E-state index contributed by atoms with van der Waals surface area (Å²) in [6, 6.07) is 12.6. The Hall–Kier alpha value is -2.35. The van der Waals surface area contributed by atoms with E-state index in [2.05, 4.69) is 5.43 Å². The molecule has 3 rings (SSSR count). The van der Waals surface area contributed by atoms with Crippen LogP contribution in [0.1, 0.15) is 23.1 Å². The number of hydrogen-bond acceptors (Lipinski definition) is 5. The number of aryl methyl sites for hydroxylation is 2. The molecule has 160 valence electrons. The average Bonchev–Trinajstić information content (AvgIpc) is 2.69. The molecule has 2 aromatic carbocycles. The smallest absolute Gasteiger partial charge is 0.264 e. The maximum atomic E-state index is 13.7. The van der Waals surface area contributed by atoms with Crippen molar-refractivity contribution in [2.75, 3.05) is 19.4 Å². The summed E-state index contributed by atoms with van der Waals surface area (Å²) < 4.78 is 41.4. The summed E-state index contributed by atoms with van der Waals surface area (Å²) in [5.74, 6) is -0.272. The molecule has 0 amide bonds. The Labute approximate surface area is 181 Å². The van der Waals surface area contributed by atoms with E-state index in [1.54, 1.807) is 19.1 Å². The van der Waals surface area contributed by atoms with E-state index in [1.165, 1.54) is 11.6 Å². The highest BCUT2D eigenvalue weighted by atomic mass is 35.5. The van der Waals surface area contributed by atoms with Crippen LogP contribution in [0.3, 0.4) is 0 Å². The Morgan fingerprint density at radius 3 is 2.57 bits per heavy atom. The Bertz CT molecular complexity index is 1070. The van der Waals surface area contributed by atoms with Crippen LogP contribution in [-0.4, -0.2) is 32.8 Å². The molecule has 5 nitrogen and oxygen atoms in total. The predicted molar refractivity (Wildman–Crippen MR) is 118 cm³/mol. The SMILES string of the molecule is Cc1cc(C2=CC(COS(C)(=O)=O)=CN(CCCc3ccc(Cl)cc3)N2)ccc1F. The molecule has 1 aliphatic rings. The molecule has 0 aliphatic carbocycles. The van der Waals surface area contributed by atoms with Gasteiger partial charge in [0, 0.05) is 17.8 Å². The van der Waals surface area contributed by atoms with E-state index in [4.69, 9.17) is 15.8 Å². The lowest BCUT2D eigenvalue weighted by Crippen LogP contribution is -2.36. The third kappa shape index (κ3) is 6.58. The van der Waals surface area contributed by atoms with Crippen LogP contribution >= 0.6 is 11.6 Å². The fourth-order valence-electron chi connectivity index (χ4n) is 3.08. The van der Waals surface area contributed by atoms with Gasteiger partial charge in [-0.25, -0.2) is 4.39 Å². The van der Waals surface area contributed by atoms with Crippen LogP contribution < -0.4 is 5.43 Å². The van der Waals surface area contributed by atoms with E-state index in [0.29, 0.717) is 22.7 Å². The summed E-state index contributed by atoms with van der Waals surface area (Å²) in [6.07, 6.45) is 6.39. The average molecular weight is 451 g/mol. The number of hydrazine groups is 1. The van der Waals surface area contributed by atoms with Crippen molar-refractivity contribution in [3.8, 4) is 0 Å². The van der Waals surface area contributed by atoms with Gasteiger partial charge >= 0.3 is 0 Å². The van der Waals surface area contributed by atoms with Gasteiger partial charge in [0.05, 0.1) is 18.6 Å². The first-order valence-corrected chi connectivity index (χ1v) is 11.7. The van der Waals surface area contributed by atoms with Crippen molar-refractivity contribution >= 4 is 27.4 Å². The maximum Gasteiger partial charge on any atom is 0.264 e. The molecule has 2 aromatic rings. The van der Waals surface area contributed by atoms with Crippen molar-refractivity contribution in [2.45, 2.75) is 19.8 Å². The quantitative estimate of drug-likeness (QED) is 0.602. The van der Waals surface area contributed by atoms with Gasteiger partial charge in [0.25, 0.3) is 10.1 Å². The topological polar surface area (TPSA) is 58.6 Å². The lowest BCUT2D eigenvalue weighted by atomic mass is 10.1. The summed E-state index contributed by atoms with van der Waals surface area (Å²) in [5.41, 5.74) is 7.28. The molecule has 0 aromatic heterocycles. The minimum absolute atomic E-state index is 0.0716. The van der Waals surface area contributed by atoms with Gasteiger partial charge in [-0.1, -0.05) is 23.7 Å². The number of benzene rings is 2. The standard InChI is InChI=1S/C22H24ClFN2O3S/c1-16-12-19(7-10-21(16)24)22-13-18(15-29-30(2,27)28)14-26(25-22)11-3-4-17-5-8-20(23)9-6-17/h5-10,12-14,25H,3-4,11,15H2,1-2H3. The van der Waals surface area contributed by atoms with Crippen molar-refractivity contribution in [3.05, 3.63) is 87.8 Å². The van der Waals surface area contributed by atoms with Gasteiger partial charge in [-0.3, -0.25) is 14.6 Å². The number of rotatable bonds is 8. The molecule has 8 heteroatoms. The Kier molecular flexibility index (Phi) is 7.18. The molecule has 1 N–H and O–H groups in total. The van der Waals surface area contributed by atoms with E-state index < -0.39 is 10.1 Å². The van der Waals surface area contributed by atoms with Crippen LogP contribution in [0, 0.1) is 12.7 Å². The Morgan fingerprint density at radius 1 is 1.17 bits per heavy atom. The third-order valence-corrected chi connectivity index (χ3v) is 5.40.